The molecule has 25 heavy (non-hydrogen) atoms. The monoisotopic (exact) mass is 338 g/mol. The molecule has 6 heteroatoms. The molecule has 0 N–H and O–H groups in total. The van der Waals surface area contributed by atoms with Crippen molar-refractivity contribution in [1.82, 2.24) is 19.6 Å². The Morgan fingerprint density at radius 3 is 2.56 bits per heavy atom. The van der Waals surface area contributed by atoms with Crippen LogP contribution < -0.4 is 0 Å². The molecular formula is C19H22N4O2. The first-order valence-corrected chi connectivity index (χ1v) is 8.68. The van der Waals surface area contributed by atoms with E-state index in [0.29, 0.717) is 18.2 Å². The topological polar surface area (TPSA) is 58.4 Å². The average Bonchev–Trinajstić information content (AvgIpc) is 3.01. The fraction of sp³-hybridized carbons (Fsp3) is 0.421. The van der Waals surface area contributed by atoms with Crippen molar-refractivity contribution >= 4 is 11.8 Å². The number of para-hydroxylation sites is 1. The van der Waals surface area contributed by atoms with Crippen LogP contribution in [-0.4, -0.2) is 51.0 Å². The molecule has 4 rings (SSSR count). The number of fused-ring (bicyclic) bond motifs is 1. The molecule has 6 nitrogen and oxygen atoms in total. The van der Waals surface area contributed by atoms with Gasteiger partial charge in [-0.15, -0.1) is 0 Å². The van der Waals surface area contributed by atoms with Crippen LogP contribution in [0.1, 0.15) is 41.6 Å². The Labute approximate surface area is 147 Å². The molecule has 2 aliphatic heterocycles. The normalized spacial score (nSPS) is 20.0. The minimum atomic E-state index is 0.0198. The highest BCUT2D eigenvalue weighted by Gasteiger charge is 2.42. The third-order valence-electron chi connectivity index (χ3n) is 5.31. The number of hydrogen-bond donors (Lipinski definition) is 0. The number of carbonyl (C=O) groups is 2. The van der Waals surface area contributed by atoms with Gasteiger partial charge in [-0.3, -0.25) is 9.59 Å². The summed E-state index contributed by atoms with van der Waals surface area (Å²) in [7, 11) is 0. The van der Waals surface area contributed by atoms with E-state index in [-0.39, 0.29) is 17.9 Å². The van der Waals surface area contributed by atoms with Gasteiger partial charge in [0.2, 0.25) is 5.91 Å². The molecule has 1 saturated heterocycles. The molecule has 2 aliphatic rings. The number of nitrogens with zero attached hydrogens (tertiary/aromatic N) is 4. The van der Waals surface area contributed by atoms with Gasteiger partial charge in [0.05, 0.1) is 17.4 Å². The lowest BCUT2D eigenvalue weighted by Crippen LogP contribution is -2.53. The Bertz CT molecular complexity index is 837. The van der Waals surface area contributed by atoms with Crippen molar-refractivity contribution in [1.29, 1.82) is 0 Å². The van der Waals surface area contributed by atoms with Gasteiger partial charge in [-0.2, -0.15) is 5.10 Å². The minimum absolute atomic E-state index is 0.0198. The highest BCUT2D eigenvalue weighted by molar-refractivity contribution is 5.98. The van der Waals surface area contributed by atoms with Crippen LogP contribution in [0, 0.1) is 12.8 Å². The average molecular weight is 338 g/mol. The Kier molecular flexibility index (Phi) is 3.63. The summed E-state index contributed by atoms with van der Waals surface area (Å²) in [6.07, 6.45) is 0. The number of likely N-dealkylation sites (tertiary alicyclic amines) is 1. The van der Waals surface area contributed by atoms with Crippen molar-refractivity contribution in [3.8, 4) is 5.69 Å². The molecule has 1 unspecified atom stereocenters. The molecule has 1 aromatic carbocycles. The van der Waals surface area contributed by atoms with E-state index in [0.717, 1.165) is 30.0 Å². The molecule has 0 bridgehead atoms. The summed E-state index contributed by atoms with van der Waals surface area (Å²) in [5, 5.41) is 4.60. The van der Waals surface area contributed by atoms with Gasteiger partial charge in [0.15, 0.2) is 0 Å². The van der Waals surface area contributed by atoms with Crippen LogP contribution in [0.2, 0.25) is 0 Å². The van der Waals surface area contributed by atoms with E-state index in [1.54, 1.807) is 11.6 Å². The third kappa shape index (κ3) is 2.44. The first kappa shape index (κ1) is 15.9. The van der Waals surface area contributed by atoms with Crippen LogP contribution in [-0.2, 0) is 4.79 Å². The van der Waals surface area contributed by atoms with Gasteiger partial charge in [0.1, 0.15) is 5.69 Å². The van der Waals surface area contributed by atoms with Crippen molar-refractivity contribution in [2.24, 2.45) is 5.92 Å². The number of hydrogen-bond acceptors (Lipinski definition) is 3. The van der Waals surface area contributed by atoms with Gasteiger partial charge in [-0.1, -0.05) is 18.2 Å². The van der Waals surface area contributed by atoms with Gasteiger partial charge in [0, 0.05) is 38.0 Å². The summed E-state index contributed by atoms with van der Waals surface area (Å²) >= 11 is 0. The lowest BCUT2D eigenvalue weighted by atomic mass is 9.99. The van der Waals surface area contributed by atoms with E-state index >= 15 is 0 Å². The molecule has 130 valence electrons. The number of rotatable bonds is 3. The molecule has 1 aromatic heterocycles. The predicted molar refractivity (Wildman–Crippen MR) is 93.5 cm³/mol. The van der Waals surface area contributed by atoms with E-state index in [1.807, 2.05) is 47.1 Å². The standard InChI is InChI=1S/C19H22N4O2/c1-12-17-13(2)22(11-15-9-21(10-15)14(3)24)19(25)18(17)23(20-12)16-7-5-4-6-8-16/h4-8,13,15H,9-11H2,1-3H3. The minimum Gasteiger partial charge on any atom is -0.342 e. The molecule has 0 spiro atoms. The van der Waals surface area contributed by atoms with E-state index in [1.165, 1.54) is 0 Å². The Morgan fingerprint density at radius 2 is 1.92 bits per heavy atom. The SMILES string of the molecule is CC(=O)N1CC(CN2C(=O)c3c(c(C)nn3-c3ccccc3)C2C)C1. The molecule has 0 saturated carbocycles. The maximum absolute atomic E-state index is 13.1. The second kappa shape index (κ2) is 5.72. The van der Waals surface area contributed by atoms with E-state index < -0.39 is 0 Å². The first-order chi connectivity index (χ1) is 12.0. The highest BCUT2D eigenvalue weighted by atomic mass is 16.2. The summed E-state index contributed by atoms with van der Waals surface area (Å²) in [5.41, 5.74) is 3.51. The number of carbonyl (C=O) groups excluding carboxylic acids is 2. The van der Waals surface area contributed by atoms with Crippen LogP contribution >= 0.6 is 0 Å². The zero-order valence-corrected chi connectivity index (χ0v) is 14.8. The molecule has 2 amide bonds. The third-order valence-corrected chi connectivity index (χ3v) is 5.31. The molecule has 0 radical (unpaired) electrons. The fourth-order valence-corrected chi connectivity index (χ4v) is 3.93. The Hall–Kier alpha value is -2.63. The van der Waals surface area contributed by atoms with Gasteiger partial charge < -0.3 is 9.80 Å². The van der Waals surface area contributed by atoms with Gasteiger partial charge in [-0.25, -0.2) is 4.68 Å². The van der Waals surface area contributed by atoms with Crippen LogP contribution in [0.5, 0.6) is 0 Å². The maximum atomic E-state index is 13.1. The zero-order valence-electron chi connectivity index (χ0n) is 14.8. The number of benzene rings is 1. The van der Waals surface area contributed by atoms with Gasteiger partial charge in [0.25, 0.3) is 5.91 Å². The van der Waals surface area contributed by atoms with E-state index in [9.17, 15) is 9.59 Å². The quantitative estimate of drug-likeness (QED) is 0.862. The zero-order chi connectivity index (χ0) is 17.7. The van der Waals surface area contributed by atoms with Gasteiger partial charge in [-0.05, 0) is 26.0 Å². The van der Waals surface area contributed by atoms with Gasteiger partial charge >= 0.3 is 0 Å². The fourth-order valence-electron chi connectivity index (χ4n) is 3.93. The van der Waals surface area contributed by atoms with Crippen LogP contribution in [0.15, 0.2) is 30.3 Å². The van der Waals surface area contributed by atoms with Crippen molar-refractivity contribution < 1.29 is 9.59 Å². The second-order valence-corrected chi connectivity index (χ2v) is 7.02. The Balaban J connectivity index is 1.60. The Morgan fingerprint density at radius 1 is 1.24 bits per heavy atom. The van der Waals surface area contributed by atoms with E-state index in [2.05, 4.69) is 12.0 Å². The smallest absolute Gasteiger partial charge is 0.273 e. The summed E-state index contributed by atoms with van der Waals surface area (Å²) in [6, 6.07) is 9.79. The molecule has 2 aromatic rings. The first-order valence-electron chi connectivity index (χ1n) is 8.68. The molecule has 1 atom stereocenters. The summed E-state index contributed by atoms with van der Waals surface area (Å²) in [5.74, 6) is 0.502. The lowest BCUT2D eigenvalue weighted by molar-refractivity contribution is -0.135. The number of aromatic nitrogens is 2. The summed E-state index contributed by atoms with van der Waals surface area (Å²) in [4.78, 5) is 28.2. The number of aryl methyl sites for hydroxylation is 1. The van der Waals surface area contributed by atoms with Crippen molar-refractivity contribution in [2.75, 3.05) is 19.6 Å². The van der Waals surface area contributed by atoms with Crippen LogP contribution in [0.3, 0.4) is 0 Å². The second-order valence-electron chi connectivity index (χ2n) is 7.02. The molecule has 0 aliphatic carbocycles. The summed E-state index contributed by atoms with van der Waals surface area (Å²) < 4.78 is 1.77. The van der Waals surface area contributed by atoms with Crippen molar-refractivity contribution in [3.05, 3.63) is 47.3 Å². The molecule has 1 fully saturated rings. The highest BCUT2D eigenvalue weighted by Crippen LogP contribution is 2.37. The number of amides is 2. The van der Waals surface area contributed by atoms with Crippen LogP contribution in [0.4, 0.5) is 0 Å². The van der Waals surface area contributed by atoms with E-state index in [4.69, 9.17) is 0 Å². The maximum Gasteiger partial charge on any atom is 0.273 e. The van der Waals surface area contributed by atoms with Crippen LogP contribution in [0.25, 0.3) is 5.69 Å². The summed E-state index contributed by atoms with van der Waals surface area (Å²) in [6.45, 7) is 7.79. The predicted octanol–water partition coefficient (Wildman–Crippen LogP) is 2.18. The molecule has 3 heterocycles. The lowest BCUT2D eigenvalue weighted by Gasteiger charge is -2.41. The molecular weight excluding hydrogens is 316 g/mol. The largest absolute Gasteiger partial charge is 0.342 e. The van der Waals surface area contributed by atoms with Crippen molar-refractivity contribution in [2.45, 2.75) is 26.8 Å². The van der Waals surface area contributed by atoms with Crippen molar-refractivity contribution in [3.63, 3.8) is 0 Å².